The summed E-state index contributed by atoms with van der Waals surface area (Å²) in [7, 11) is 1.58. The summed E-state index contributed by atoms with van der Waals surface area (Å²) in [5.74, 6) is 1.36. The number of amides is 1. The van der Waals surface area contributed by atoms with Crippen molar-refractivity contribution < 1.29 is 18.6 Å². The van der Waals surface area contributed by atoms with E-state index in [0.29, 0.717) is 44.3 Å². The van der Waals surface area contributed by atoms with Crippen LogP contribution >= 0.6 is 11.6 Å². The molecule has 0 radical (unpaired) electrons. The zero-order valence-electron chi connectivity index (χ0n) is 18.3. The molecule has 1 saturated carbocycles. The molecule has 1 aliphatic carbocycles. The van der Waals surface area contributed by atoms with Crippen LogP contribution in [0.4, 0.5) is 17.2 Å². The summed E-state index contributed by atoms with van der Waals surface area (Å²) < 4.78 is 25.9. The summed E-state index contributed by atoms with van der Waals surface area (Å²) in [6.07, 6.45) is 9.22. The summed E-state index contributed by atoms with van der Waals surface area (Å²) >= 11 is 5.05. The third-order valence-corrected chi connectivity index (χ3v) is 7.07. The molecular formula is C24H24ClN3O4S. The van der Waals surface area contributed by atoms with E-state index in [9.17, 15) is 9.35 Å². The highest BCUT2D eigenvalue weighted by molar-refractivity contribution is 7.92. The van der Waals surface area contributed by atoms with Gasteiger partial charge in [-0.2, -0.15) is 4.72 Å². The number of nitrogens with zero attached hydrogens (tertiary/aromatic N) is 2. The largest absolute Gasteiger partial charge is 0.588 e. The molecule has 1 heterocycles. The molecule has 3 aromatic rings. The second-order valence-corrected chi connectivity index (χ2v) is 9.25. The van der Waals surface area contributed by atoms with Crippen molar-refractivity contribution in [2.75, 3.05) is 16.7 Å². The summed E-state index contributed by atoms with van der Waals surface area (Å²) in [5, 5.41) is 4.34. The number of carbonyl (C=O) groups is 1. The van der Waals surface area contributed by atoms with Crippen molar-refractivity contribution in [2.45, 2.75) is 37.0 Å². The standard InChI is InChI=1S/C24H24ClN3O4S/c1-3-5-17-12-18(33(30)27-24-10-11-32-26-24)8-9-21(17)28(15-29)22-14-20(25)19(13-23(22)31-2)16-6-4-7-16/h3,5,8-16H,4,6-7H2,1-2H3,(H,26,27)/b5-3-. The zero-order chi connectivity index (χ0) is 23.4. The molecule has 9 heteroatoms. The number of rotatable bonds is 9. The second kappa shape index (κ2) is 10.3. The lowest BCUT2D eigenvalue weighted by atomic mass is 9.80. The Morgan fingerprint density at radius 2 is 2.09 bits per heavy atom. The van der Waals surface area contributed by atoms with E-state index in [1.165, 1.54) is 17.6 Å². The van der Waals surface area contributed by atoms with Crippen LogP contribution in [0.25, 0.3) is 6.08 Å². The number of methoxy groups -OCH3 is 1. The van der Waals surface area contributed by atoms with Crippen LogP contribution in [0, 0.1) is 0 Å². The van der Waals surface area contributed by atoms with Crippen LogP contribution in [0.5, 0.6) is 5.75 Å². The van der Waals surface area contributed by atoms with Crippen molar-refractivity contribution in [3.63, 3.8) is 0 Å². The predicted molar refractivity (Wildman–Crippen MR) is 130 cm³/mol. The first-order valence-corrected chi connectivity index (χ1v) is 12.1. The Morgan fingerprint density at radius 3 is 2.70 bits per heavy atom. The smallest absolute Gasteiger partial charge is 0.218 e. The van der Waals surface area contributed by atoms with E-state index < -0.39 is 11.4 Å². The molecule has 7 nitrogen and oxygen atoms in total. The quantitative estimate of drug-likeness (QED) is 0.292. The summed E-state index contributed by atoms with van der Waals surface area (Å²) in [4.78, 5) is 14.3. The van der Waals surface area contributed by atoms with E-state index >= 15 is 0 Å². The fourth-order valence-corrected chi connectivity index (χ4v) is 4.94. The first kappa shape index (κ1) is 23.2. The maximum absolute atomic E-state index is 12.7. The third-order valence-electron chi connectivity index (χ3n) is 5.66. The monoisotopic (exact) mass is 485 g/mol. The number of ether oxygens (including phenoxy) is 1. The Kier molecular flexibility index (Phi) is 7.27. The van der Waals surface area contributed by atoms with E-state index in [1.54, 1.807) is 37.4 Å². The van der Waals surface area contributed by atoms with Gasteiger partial charge in [0.1, 0.15) is 23.4 Å². The normalized spacial score (nSPS) is 14.7. The molecule has 1 fully saturated rings. The minimum Gasteiger partial charge on any atom is -0.588 e. The Bertz CT molecular complexity index is 1150. The van der Waals surface area contributed by atoms with Gasteiger partial charge in [0.05, 0.1) is 18.5 Å². The Hall–Kier alpha value is -2.94. The van der Waals surface area contributed by atoms with Crippen molar-refractivity contribution in [1.82, 2.24) is 5.16 Å². The average molecular weight is 486 g/mol. The SMILES string of the molecule is C/C=C\c1cc([S+]([O-])Nc2ccon2)ccc1N(C=O)c1cc(Cl)c(C2CCC2)cc1OC. The number of anilines is 3. The number of aromatic nitrogens is 1. The average Bonchev–Trinajstić information content (AvgIpc) is 3.28. The van der Waals surface area contributed by atoms with Gasteiger partial charge in [-0.05, 0) is 55.5 Å². The van der Waals surface area contributed by atoms with Crippen molar-refractivity contribution in [3.8, 4) is 5.75 Å². The Labute approximate surface area is 200 Å². The first-order valence-electron chi connectivity index (χ1n) is 10.5. The topological polar surface area (TPSA) is 90.7 Å². The molecule has 172 valence electrons. The minimum absolute atomic E-state index is 0.366. The summed E-state index contributed by atoms with van der Waals surface area (Å²) in [6, 6.07) is 10.5. The van der Waals surface area contributed by atoms with E-state index in [1.807, 2.05) is 25.1 Å². The molecule has 1 N–H and O–H groups in total. The highest BCUT2D eigenvalue weighted by Gasteiger charge is 2.26. The number of carbonyl (C=O) groups excluding carboxylic acids is 1. The summed E-state index contributed by atoms with van der Waals surface area (Å²) in [6.45, 7) is 1.87. The number of hydrogen-bond donors (Lipinski definition) is 1. The number of nitrogens with one attached hydrogen (secondary N) is 1. The van der Waals surface area contributed by atoms with Crippen LogP contribution < -0.4 is 14.4 Å². The van der Waals surface area contributed by atoms with Crippen LogP contribution in [0.1, 0.15) is 43.2 Å². The zero-order valence-corrected chi connectivity index (χ0v) is 19.9. The van der Waals surface area contributed by atoms with Crippen molar-refractivity contribution in [2.24, 2.45) is 0 Å². The van der Waals surface area contributed by atoms with Gasteiger partial charge in [-0.1, -0.05) is 35.3 Å². The fraction of sp³-hybridized carbons (Fsp3) is 0.250. The lowest BCUT2D eigenvalue weighted by molar-refractivity contribution is -0.106. The highest BCUT2D eigenvalue weighted by atomic mass is 35.5. The lowest BCUT2D eigenvalue weighted by Gasteiger charge is -2.29. The van der Waals surface area contributed by atoms with Gasteiger partial charge in [-0.3, -0.25) is 9.69 Å². The van der Waals surface area contributed by atoms with Gasteiger partial charge in [0.25, 0.3) is 0 Å². The molecule has 1 amide bonds. The van der Waals surface area contributed by atoms with Gasteiger partial charge in [-0.25, -0.2) is 0 Å². The van der Waals surface area contributed by atoms with Crippen LogP contribution in [0.15, 0.2) is 58.2 Å². The molecule has 0 bridgehead atoms. The van der Waals surface area contributed by atoms with E-state index in [0.717, 1.165) is 24.8 Å². The molecular weight excluding hydrogens is 462 g/mol. The minimum atomic E-state index is -1.57. The van der Waals surface area contributed by atoms with Crippen LogP contribution in [0.2, 0.25) is 5.02 Å². The van der Waals surface area contributed by atoms with Crippen LogP contribution in [0.3, 0.4) is 0 Å². The molecule has 4 rings (SSSR count). The predicted octanol–water partition coefficient (Wildman–Crippen LogP) is 6.07. The van der Waals surface area contributed by atoms with Crippen LogP contribution in [-0.4, -0.2) is 23.2 Å². The number of allylic oxidation sites excluding steroid dienone is 1. The summed E-state index contributed by atoms with van der Waals surface area (Å²) in [5.41, 5.74) is 2.91. The number of halogens is 1. The van der Waals surface area contributed by atoms with Crippen molar-refractivity contribution in [1.29, 1.82) is 0 Å². The molecule has 1 aliphatic rings. The molecule has 1 atom stereocenters. The van der Waals surface area contributed by atoms with Gasteiger partial charge >= 0.3 is 0 Å². The van der Waals surface area contributed by atoms with Gasteiger partial charge in [0.15, 0.2) is 4.90 Å². The molecule has 33 heavy (non-hydrogen) atoms. The fourth-order valence-electron chi connectivity index (χ4n) is 3.79. The van der Waals surface area contributed by atoms with Gasteiger partial charge in [-0.15, -0.1) is 0 Å². The van der Waals surface area contributed by atoms with Gasteiger partial charge in [0.2, 0.25) is 12.2 Å². The lowest BCUT2D eigenvalue weighted by Crippen LogP contribution is -2.18. The first-order chi connectivity index (χ1) is 16.0. The maximum Gasteiger partial charge on any atom is 0.218 e. The molecule has 1 unspecified atom stereocenters. The molecule has 0 saturated heterocycles. The van der Waals surface area contributed by atoms with Crippen molar-refractivity contribution >= 4 is 52.6 Å². The molecule has 0 spiro atoms. The third kappa shape index (κ3) is 4.88. The van der Waals surface area contributed by atoms with Crippen LogP contribution in [-0.2, 0) is 16.2 Å². The maximum atomic E-state index is 12.7. The van der Waals surface area contributed by atoms with Gasteiger partial charge < -0.3 is 13.8 Å². The van der Waals surface area contributed by atoms with Gasteiger partial charge in [0, 0.05) is 22.7 Å². The number of benzene rings is 2. The van der Waals surface area contributed by atoms with Crippen molar-refractivity contribution in [3.05, 3.63) is 64.9 Å². The van der Waals surface area contributed by atoms with E-state index in [2.05, 4.69) is 9.88 Å². The number of hydrogen-bond acceptors (Lipinski definition) is 6. The molecule has 1 aromatic heterocycles. The van der Waals surface area contributed by atoms with E-state index in [-0.39, 0.29) is 0 Å². The highest BCUT2D eigenvalue weighted by Crippen LogP contribution is 2.45. The Balaban J connectivity index is 1.71. The Morgan fingerprint density at radius 1 is 1.27 bits per heavy atom. The molecule has 2 aromatic carbocycles. The molecule has 0 aliphatic heterocycles. The second-order valence-electron chi connectivity index (χ2n) is 7.62. The van der Waals surface area contributed by atoms with E-state index in [4.69, 9.17) is 20.9 Å².